The molecule has 0 aromatic heterocycles. The van der Waals surface area contributed by atoms with Crippen LogP contribution in [-0.4, -0.2) is 14.9 Å². The van der Waals surface area contributed by atoms with Crippen LogP contribution in [0.2, 0.25) is 5.04 Å². The molecule has 0 fully saturated rings. The fourth-order valence-electron chi connectivity index (χ4n) is 3.90. The minimum absolute atomic E-state index is 0.0203. The average molecular weight is 391 g/mol. The van der Waals surface area contributed by atoms with Gasteiger partial charge in [0.1, 0.15) is 0 Å². The zero-order valence-electron chi connectivity index (χ0n) is 18.0. The SMILES string of the molecule is C#C[C@H](C)C/C(C)=C/CCO[Si](c1ccccc1)(c1ccccc1)C(C)(C)C. The molecule has 0 radical (unpaired) electrons. The molecule has 0 saturated carbocycles. The van der Waals surface area contributed by atoms with Crippen LogP contribution >= 0.6 is 0 Å². The highest BCUT2D eigenvalue weighted by molar-refractivity contribution is 6.99. The lowest BCUT2D eigenvalue weighted by molar-refractivity contribution is 0.304. The molecule has 0 saturated heterocycles. The van der Waals surface area contributed by atoms with Crippen molar-refractivity contribution in [1.82, 2.24) is 0 Å². The molecule has 0 aliphatic carbocycles. The van der Waals surface area contributed by atoms with Crippen molar-refractivity contribution in [3.63, 3.8) is 0 Å². The second-order valence-electron chi connectivity index (χ2n) is 8.62. The molecule has 2 aromatic carbocycles. The van der Waals surface area contributed by atoms with Gasteiger partial charge in [0.25, 0.3) is 8.32 Å². The minimum Gasteiger partial charge on any atom is -0.407 e. The van der Waals surface area contributed by atoms with Gasteiger partial charge in [0.15, 0.2) is 0 Å². The molecule has 28 heavy (non-hydrogen) atoms. The molecule has 0 amide bonds. The molecule has 2 heteroatoms. The minimum atomic E-state index is -2.42. The topological polar surface area (TPSA) is 9.23 Å². The molecular formula is C26H34OSi. The van der Waals surface area contributed by atoms with E-state index in [2.05, 4.69) is 107 Å². The van der Waals surface area contributed by atoms with Gasteiger partial charge >= 0.3 is 0 Å². The van der Waals surface area contributed by atoms with E-state index in [9.17, 15) is 0 Å². The molecule has 1 nitrogen and oxygen atoms in total. The molecule has 148 valence electrons. The second kappa shape index (κ2) is 9.91. The van der Waals surface area contributed by atoms with Crippen LogP contribution in [0.25, 0.3) is 0 Å². The van der Waals surface area contributed by atoms with E-state index in [0.717, 1.165) is 19.4 Å². The predicted molar refractivity (Wildman–Crippen MR) is 125 cm³/mol. The molecule has 0 aliphatic heterocycles. The Morgan fingerprint density at radius 2 is 1.54 bits per heavy atom. The maximum atomic E-state index is 6.90. The monoisotopic (exact) mass is 390 g/mol. The first-order chi connectivity index (χ1) is 13.3. The first-order valence-corrected chi connectivity index (χ1v) is 12.1. The van der Waals surface area contributed by atoms with Gasteiger partial charge in [0.2, 0.25) is 0 Å². The Balaban J connectivity index is 2.32. The van der Waals surface area contributed by atoms with Gasteiger partial charge in [-0.3, -0.25) is 0 Å². The number of hydrogen-bond donors (Lipinski definition) is 0. The van der Waals surface area contributed by atoms with Crippen molar-refractivity contribution >= 4 is 18.7 Å². The molecule has 0 aliphatic rings. The van der Waals surface area contributed by atoms with Crippen molar-refractivity contribution < 1.29 is 4.43 Å². The molecule has 2 aromatic rings. The summed E-state index contributed by atoms with van der Waals surface area (Å²) in [6, 6.07) is 21.6. The number of terminal acetylenes is 1. The van der Waals surface area contributed by atoms with Crippen LogP contribution in [-0.2, 0) is 4.43 Å². The maximum absolute atomic E-state index is 6.90. The van der Waals surface area contributed by atoms with Gasteiger partial charge in [-0.1, -0.05) is 100 Å². The molecule has 1 atom stereocenters. The summed E-state index contributed by atoms with van der Waals surface area (Å²) in [6.45, 7) is 11.9. The molecule has 2 rings (SSSR count). The molecular weight excluding hydrogens is 356 g/mol. The van der Waals surface area contributed by atoms with Gasteiger partial charge in [-0.15, -0.1) is 12.3 Å². The van der Waals surface area contributed by atoms with E-state index < -0.39 is 8.32 Å². The lowest BCUT2D eigenvalue weighted by Gasteiger charge is -2.43. The predicted octanol–water partition coefficient (Wildman–Crippen LogP) is 5.56. The number of benzene rings is 2. The van der Waals surface area contributed by atoms with Gasteiger partial charge in [-0.25, -0.2) is 0 Å². The molecule has 0 unspecified atom stereocenters. The van der Waals surface area contributed by atoms with E-state index in [1.165, 1.54) is 15.9 Å². The fraction of sp³-hybridized carbons (Fsp3) is 0.385. The van der Waals surface area contributed by atoms with E-state index in [1.807, 2.05) is 0 Å². The highest BCUT2D eigenvalue weighted by Crippen LogP contribution is 2.36. The van der Waals surface area contributed by atoms with Gasteiger partial charge in [-0.05, 0) is 35.2 Å². The Hall–Kier alpha value is -2.08. The van der Waals surface area contributed by atoms with Gasteiger partial charge in [0.05, 0.1) is 0 Å². The van der Waals surface area contributed by atoms with Crippen molar-refractivity contribution in [2.24, 2.45) is 5.92 Å². The Kier molecular flexibility index (Phi) is 7.86. The van der Waals surface area contributed by atoms with Crippen LogP contribution in [0.1, 0.15) is 47.5 Å². The third kappa shape index (κ3) is 5.25. The van der Waals surface area contributed by atoms with Crippen LogP contribution < -0.4 is 10.4 Å². The Morgan fingerprint density at radius 3 is 1.96 bits per heavy atom. The average Bonchev–Trinajstić information content (AvgIpc) is 2.68. The Labute approximate surface area is 173 Å². The first kappa shape index (κ1) is 22.2. The van der Waals surface area contributed by atoms with E-state index in [-0.39, 0.29) is 11.0 Å². The zero-order chi connectivity index (χ0) is 20.6. The van der Waals surface area contributed by atoms with Gasteiger partial charge in [-0.2, -0.15) is 0 Å². The third-order valence-electron chi connectivity index (χ3n) is 5.26. The highest BCUT2D eigenvalue weighted by atomic mass is 28.4. The van der Waals surface area contributed by atoms with Gasteiger partial charge < -0.3 is 4.43 Å². The van der Waals surface area contributed by atoms with Crippen molar-refractivity contribution in [2.75, 3.05) is 6.61 Å². The highest BCUT2D eigenvalue weighted by Gasteiger charge is 2.49. The van der Waals surface area contributed by atoms with E-state index in [0.29, 0.717) is 0 Å². The van der Waals surface area contributed by atoms with Crippen LogP contribution in [0.3, 0.4) is 0 Å². The second-order valence-corrected chi connectivity index (χ2v) is 12.9. The third-order valence-corrected chi connectivity index (χ3v) is 10.3. The van der Waals surface area contributed by atoms with Crippen molar-refractivity contribution in [3.05, 3.63) is 72.3 Å². The summed E-state index contributed by atoms with van der Waals surface area (Å²) < 4.78 is 6.90. The van der Waals surface area contributed by atoms with Crippen molar-refractivity contribution in [3.8, 4) is 12.3 Å². The Morgan fingerprint density at radius 1 is 1.04 bits per heavy atom. The van der Waals surface area contributed by atoms with Gasteiger partial charge in [0, 0.05) is 12.5 Å². The lowest BCUT2D eigenvalue weighted by atomic mass is 10.0. The van der Waals surface area contributed by atoms with E-state index in [1.54, 1.807) is 0 Å². The maximum Gasteiger partial charge on any atom is 0.261 e. The number of rotatable bonds is 8. The standard InChI is InChI=1S/C26H34OSi/c1-7-22(2)21-23(3)15-14-20-27-28(26(4,5)6,24-16-10-8-11-17-24)25-18-12-9-13-19-25/h1,8-13,15-19,22H,14,20-21H2,2-6H3/b23-15+/t22-/m0/s1. The summed E-state index contributed by atoms with van der Waals surface area (Å²) in [6.07, 6.45) is 9.66. The van der Waals surface area contributed by atoms with E-state index in [4.69, 9.17) is 10.8 Å². The summed E-state index contributed by atoms with van der Waals surface area (Å²) in [5, 5.41) is 2.68. The summed E-state index contributed by atoms with van der Waals surface area (Å²) in [5.41, 5.74) is 1.34. The van der Waals surface area contributed by atoms with Crippen molar-refractivity contribution in [2.45, 2.75) is 52.5 Å². The molecule has 0 N–H and O–H groups in total. The van der Waals surface area contributed by atoms with Crippen LogP contribution in [0.15, 0.2) is 72.3 Å². The van der Waals surface area contributed by atoms with Crippen molar-refractivity contribution in [1.29, 1.82) is 0 Å². The first-order valence-electron chi connectivity index (χ1n) is 10.2. The van der Waals surface area contributed by atoms with E-state index >= 15 is 0 Å². The molecule has 0 heterocycles. The molecule has 0 bridgehead atoms. The fourth-order valence-corrected chi connectivity index (χ4v) is 8.48. The summed E-state index contributed by atoms with van der Waals surface area (Å²) in [4.78, 5) is 0. The zero-order valence-corrected chi connectivity index (χ0v) is 19.0. The molecule has 0 spiro atoms. The normalized spacial score (nSPS) is 13.8. The van der Waals surface area contributed by atoms with Crippen LogP contribution in [0, 0.1) is 18.3 Å². The smallest absolute Gasteiger partial charge is 0.261 e. The lowest BCUT2D eigenvalue weighted by Crippen LogP contribution is -2.66. The largest absolute Gasteiger partial charge is 0.407 e. The number of allylic oxidation sites excluding steroid dienone is 1. The summed E-state index contributed by atoms with van der Waals surface area (Å²) in [7, 11) is -2.42. The van der Waals surface area contributed by atoms with Crippen LogP contribution in [0.4, 0.5) is 0 Å². The number of hydrogen-bond acceptors (Lipinski definition) is 1. The van der Waals surface area contributed by atoms with Crippen LogP contribution in [0.5, 0.6) is 0 Å². The quantitative estimate of drug-likeness (QED) is 0.248. The summed E-state index contributed by atoms with van der Waals surface area (Å²) in [5.74, 6) is 3.09. The Bertz CT molecular complexity index is 754. The summed E-state index contributed by atoms with van der Waals surface area (Å²) >= 11 is 0.